The minimum Gasteiger partial charge on any atom is -0.394 e. The van der Waals surface area contributed by atoms with Crippen molar-refractivity contribution in [2.45, 2.75) is 55.9 Å². The second-order valence-corrected chi connectivity index (χ2v) is 9.40. The van der Waals surface area contributed by atoms with Gasteiger partial charge in [0, 0.05) is 12.7 Å². The summed E-state index contributed by atoms with van der Waals surface area (Å²) in [7, 11) is 0. The van der Waals surface area contributed by atoms with E-state index in [4.69, 9.17) is 4.98 Å². The van der Waals surface area contributed by atoms with Gasteiger partial charge in [-0.15, -0.1) is 5.10 Å². The van der Waals surface area contributed by atoms with Crippen LogP contribution in [0.1, 0.15) is 61.4 Å². The Bertz CT molecular complexity index is 1190. The predicted octanol–water partition coefficient (Wildman–Crippen LogP) is 4.13. The molecule has 3 heterocycles. The summed E-state index contributed by atoms with van der Waals surface area (Å²) in [6, 6.07) is 7.67. The number of nitrogens with zero attached hydrogens (tertiary/aromatic N) is 5. The zero-order valence-corrected chi connectivity index (χ0v) is 18.2. The molecule has 8 heteroatoms. The summed E-state index contributed by atoms with van der Waals surface area (Å²) in [6.07, 6.45) is 7.49. The maximum Gasteiger partial charge on any atom is 0.225 e. The molecule has 0 spiro atoms. The van der Waals surface area contributed by atoms with Gasteiger partial charge in [-0.25, -0.2) is 18.7 Å². The van der Waals surface area contributed by atoms with Crippen LogP contribution in [0.4, 0.5) is 14.7 Å². The number of hydrogen-bond acceptors (Lipinski definition) is 6. The average Bonchev–Trinajstić information content (AvgIpc) is 3.34. The van der Waals surface area contributed by atoms with E-state index in [0.29, 0.717) is 11.9 Å². The van der Waals surface area contributed by atoms with Crippen LogP contribution in [0, 0.1) is 11.6 Å². The Balaban J connectivity index is 1.44. The van der Waals surface area contributed by atoms with Gasteiger partial charge < -0.3 is 10.0 Å². The SMILES string of the molecule is OC[C@@H]1CCCN1c1nccc([C@]23CC[C@H](CC2)c2cc(-c4c(F)cccc4F)nnc23)n1. The van der Waals surface area contributed by atoms with Gasteiger partial charge in [-0.1, -0.05) is 6.07 Å². The summed E-state index contributed by atoms with van der Waals surface area (Å²) in [6.45, 7) is 0.918. The van der Waals surface area contributed by atoms with E-state index in [2.05, 4.69) is 20.1 Å². The summed E-state index contributed by atoms with van der Waals surface area (Å²) in [5.74, 6) is -0.316. The molecule has 7 rings (SSSR count). The van der Waals surface area contributed by atoms with Crippen molar-refractivity contribution in [3.63, 3.8) is 0 Å². The average molecular weight is 450 g/mol. The Labute approximate surface area is 190 Å². The van der Waals surface area contributed by atoms with Crippen molar-refractivity contribution in [2.75, 3.05) is 18.1 Å². The zero-order chi connectivity index (χ0) is 22.6. The third-order valence-corrected chi connectivity index (χ3v) is 7.75. The van der Waals surface area contributed by atoms with E-state index in [0.717, 1.165) is 62.0 Å². The molecule has 2 bridgehead atoms. The highest BCUT2D eigenvalue weighted by Crippen LogP contribution is 2.55. The maximum atomic E-state index is 14.4. The summed E-state index contributed by atoms with van der Waals surface area (Å²) in [5.41, 5.74) is 2.53. The van der Waals surface area contributed by atoms with Crippen LogP contribution in [0.5, 0.6) is 0 Å². The molecule has 6 nitrogen and oxygen atoms in total. The highest BCUT2D eigenvalue weighted by atomic mass is 19.1. The van der Waals surface area contributed by atoms with E-state index in [1.165, 1.54) is 18.2 Å². The molecule has 4 aliphatic rings. The number of rotatable bonds is 4. The van der Waals surface area contributed by atoms with Crippen molar-refractivity contribution in [1.29, 1.82) is 0 Å². The lowest BCUT2D eigenvalue weighted by atomic mass is 9.58. The van der Waals surface area contributed by atoms with Crippen LogP contribution in [0.3, 0.4) is 0 Å². The number of fused-ring (bicyclic) bond motifs is 2. The second kappa shape index (κ2) is 7.80. The first-order valence-corrected chi connectivity index (χ1v) is 11.6. The third-order valence-electron chi connectivity index (χ3n) is 7.75. The number of anilines is 1. The van der Waals surface area contributed by atoms with Gasteiger partial charge in [0.25, 0.3) is 0 Å². The molecule has 1 saturated carbocycles. The van der Waals surface area contributed by atoms with E-state index < -0.39 is 11.6 Å². The first kappa shape index (κ1) is 20.6. The summed E-state index contributed by atoms with van der Waals surface area (Å²) >= 11 is 0. The highest BCUT2D eigenvalue weighted by Gasteiger charge is 2.49. The van der Waals surface area contributed by atoms with Gasteiger partial charge in [-0.3, -0.25) is 0 Å². The fourth-order valence-electron chi connectivity index (χ4n) is 6.03. The lowest BCUT2D eigenvalue weighted by Crippen LogP contribution is -2.41. The van der Waals surface area contributed by atoms with Crippen LogP contribution >= 0.6 is 0 Å². The smallest absolute Gasteiger partial charge is 0.225 e. The number of aliphatic hydroxyl groups excluding tert-OH is 1. The summed E-state index contributed by atoms with van der Waals surface area (Å²) in [4.78, 5) is 11.6. The van der Waals surface area contributed by atoms with Gasteiger partial charge >= 0.3 is 0 Å². The van der Waals surface area contributed by atoms with Gasteiger partial charge in [0.15, 0.2) is 0 Å². The largest absolute Gasteiger partial charge is 0.394 e. The van der Waals surface area contributed by atoms with Crippen LogP contribution in [0.15, 0.2) is 36.5 Å². The van der Waals surface area contributed by atoms with Crippen LogP contribution < -0.4 is 4.90 Å². The molecule has 33 heavy (non-hydrogen) atoms. The number of hydrogen-bond donors (Lipinski definition) is 1. The number of halogens is 2. The fraction of sp³-hybridized carbons (Fsp3) is 0.440. The van der Waals surface area contributed by atoms with Crippen molar-refractivity contribution in [3.05, 3.63) is 65.1 Å². The van der Waals surface area contributed by atoms with E-state index in [1.807, 2.05) is 12.1 Å². The van der Waals surface area contributed by atoms with Crippen LogP contribution in [0.2, 0.25) is 0 Å². The van der Waals surface area contributed by atoms with E-state index in [9.17, 15) is 13.9 Å². The summed E-state index contributed by atoms with van der Waals surface area (Å²) < 4.78 is 28.8. The van der Waals surface area contributed by atoms with Crippen molar-refractivity contribution in [1.82, 2.24) is 20.2 Å². The number of aromatic nitrogens is 4. The lowest BCUT2D eigenvalue weighted by molar-refractivity contribution is 0.260. The molecular formula is C25H25F2N5O. The minimum absolute atomic E-state index is 0.0464. The monoisotopic (exact) mass is 449 g/mol. The molecule has 3 aliphatic carbocycles. The normalized spacial score (nSPS) is 26.0. The first-order valence-electron chi connectivity index (χ1n) is 11.6. The van der Waals surface area contributed by atoms with E-state index in [-0.39, 0.29) is 29.3 Å². The second-order valence-electron chi connectivity index (χ2n) is 9.40. The molecule has 1 N–H and O–H groups in total. The number of benzene rings is 1. The minimum atomic E-state index is -0.635. The quantitative estimate of drug-likeness (QED) is 0.646. The number of aliphatic hydroxyl groups is 1. The van der Waals surface area contributed by atoms with Gasteiger partial charge in [-0.05, 0) is 74.3 Å². The van der Waals surface area contributed by atoms with Crippen LogP contribution in [-0.4, -0.2) is 44.5 Å². The fourth-order valence-corrected chi connectivity index (χ4v) is 6.03. The Morgan fingerprint density at radius 3 is 2.61 bits per heavy atom. The van der Waals surface area contributed by atoms with Gasteiger partial charge in [0.1, 0.15) is 11.6 Å². The first-order chi connectivity index (χ1) is 16.1. The van der Waals surface area contributed by atoms with E-state index in [1.54, 1.807) is 6.20 Å². The molecule has 2 aromatic heterocycles. The molecule has 0 amide bonds. The standard InChI is InChI=1S/C25H25F2N5O/c26-18-4-1-5-19(27)22(18)20-13-17-15-6-9-25(10-7-15,23(17)31-30-20)21-8-11-28-24(29-21)32-12-2-3-16(32)14-33/h1,4-5,8,11,13,15-16,33H,2-3,6-7,9-10,12,14H2/t15-,16-,25+/m0/s1. The zero-order valence-electron chi connectivity index (χ0n) is 18.2. The van der Waals surface area contributed by atoms with Crippen molar-refractivity contribution in [2.24, 2.45) is 0 Å². The Hall–Kier alpha value is -3.00. The van der Waals surface area contributed by atoms with Crippen LogP contribution in [0.25, 0.3) is 11.3 Å². The molecule has 0 unspecified atom stereocenters. The van der Waals surface area contributed by atoms with Crippen molar-refractivity contribution >= 4 is 5.95 Å². The molecule has 1 saturated heterocycles. The van der Waals surface area contributed by atoms with Crippen LogP contribution in [-0.2, 0) is 5.41 Å². The van der Waals surface area contributed by atoms with Crippen molar-refractivity contribution < 1.29 is 13.9 Å². The molecule has 1 aliphatic heterocycles. The molecule has 1 atom stereocenters. The topological polar surface area (TPSA) is 75.0 Å². The highest BCUT2D eigenvalue weighted by molar-refractivity contribution is 5.62. The Morgan fingerprint density at radius 1 is 1.06 bits per heavy atom. The Kier molecular flexibility index (Phi) is 4.87. The molecule has 2 fully saturated rings. The lowest BCUT2D eigenvalue weighted by Gasteiger charge is -2.46. The molecule has 3 aromatic rings. The molecular weight excluding hydrogens is 424 g/mol. The van der Waals surface area contributed by atoms with Gasteiger partial charge in [-0.2, -0.15) is 5.10 Å². The molecule has 170 valence electrons. The van der Waals surface area contributed by atoms with Gasteiger partial charge in [0.2, 0.25) is 5.95 Å². The summed E-state index contributed by atoms with van der Waals surface area (Å²) in [5, 5.41) is 18.6. The maximum absolute atomic E-state index is 14.4. The molecule has 0 radical (unpaired) electrons. The van der Waals surface area contributed by atoms with E-state index >= 15 is 0 Å². The van der Waals surface area contributed by atoms with Gasteiger partial charge in [0.05, 0.1) is 40.7 Å². The Morgan fingerprint density at radius 2 is 1.85 bits per heavy atom. The third kappa shape index (κ3) is 3.14. The molecule has 1 aromatic carbocycles. The van der Waals surface area contributed by atoms with Crippen molar-refractivity contribution in [3.8, 4) is 11.3 Å². The predicted molar refractivity (Wildman–Crippen MR) is 119 cm³/mol.